The van der Waals surface area contributed by atoms with E-state index < -0.39 is 0 Å². The first-order valence-electron chi connectivity index (χ1n) is 3.80. The van der Waals surface area contributed by atoms with E-state index in [-0.39, 0.29) is 0 Å². The Morgan fingerprint density at radius 2 is 2.46 bits per heavy atom. The van der Waals surface area contributed by atoms with E-state index in [9.17, 15) is 4.79 Å². The predicted molar refractivity (Wildman–Crippen MR) is 46.2 cm³/mol. The molecule has 0 bridgehead atoms. The van der Waals surface area contributed by atoms with E-state index >= 15 is 0 Å². The highest BCUT2D eigenvalue weighted by Gasteiger charge is 2.09. The summed E-state index contributed by atoms with van der Waals surface area (Å²) in [6.07, 6.45) is 4.07. The lowest BCUT2D eigenvalue weighted by Crippen LogP contribution is -1.88. The molecule has 1 N–H and O–H groups in total. The average molecular weight is 176 g/mol. The molecule has 2 rings (SSSR count). The van der Waals surface area contributed by atoms with E-state index in [1.807, 2.05) is 0 Å². The van der Waals surface area contributed by atoms with Gasteiger partial charge in [-0.3, -0.25) is 14.6 Å². The van der Waals surface area contributed by atoms with Gasteiger partial charge in [-0.05, 0) is 6.07 Å². The SMILES string of the molecule is Cn1cc(C=O)c(-c2ccn[nH]2)n1. The summed E-state index contributed by atoms with van der Waals surface area (Å²) in [7, 11) is 1.77. The van der Waals surface area contributed by atoms with Crippen molar-refractivity contribution in [3.05, 3.63) is 24.0 Å². The Kier molecular flexibility index (Phi) is 1.70. The summed E-state index contributed by atoms with van der Waals surface area (Å²) in [4.78, 5) is 10.6. The minimum absolute atomic E-state index is 0.562. The third kappa shape index (κ3) is 1.24. The minimum Gasteiger partial charge on any atom is -0.298 e. The molecule has 0 unspecified atom stereocenters. The van der Waals surface area contributed by atoms with Gasteiger partial charge in [-0.25, -0.2) is 0 Å². The van der Waals surface area contributed by atoms with Crippen molar-refractivity contribution in [1.82, 2.24) is 20.0 Å². The Balaban J connectivity index is 2.56. The number of rotatable bonds is 2. The lowest BCUT2D eigenvalue weighted by Gasteiger charge is -1.89. The molecule has 5 nitrogen and oxygen atoms in total. The number of nitrogens with zero attached hydrogens (tertiary/aromatic N) is 3. The molecule has 66 valence electrons. The zero-order valence-electron chi connectivity index (χ0n) is 7.06. The Morgan fingerprint density at radius 3 is 3.08 bits per heavy atom. The summed E-state index contributed by atoms with van der Waals surface area (Å²) in [5.74, 6) is 0. The van der Waals surface area contributed by atoms with E-state index in [1.54, 1.807) is 30.2 Å². The van der Waals surface area contributed by atoms with Crippen molar-refractivity contribution in [1.29, 1.82) is 0 Å². The smallest absolute Gasteiger partial charge is 0.153 e. The monoisotopic (exact) mass is 176 g/mol. The van der Waals surface area contributed by atoms with Crippen LogP contribution in [0.4, 0.5) is 0 Å². The Hall–Kier alpha value is -1.91. The first-order valence-corrected chi connectivity index (χ1v) is 3.80. The molecule has 0 saturated heterocycles. The van der Waals surface area contributed by atoms with Crippen LogP contribution in [0.25, 0.3) is 11.4 Å². The third-order valence-electron chi connectivity index (χ3n) is 1.74. The highest BCUT2D eigenvalue weighted by Crippen LogP contribution is 2.16. The number of aromatic nitrogens is 4. The van der Waals surface area contributed by atoms with Gasteiger partial charge in [-0.2, -0.15) is 10.2 Å². The van der Waals surface area contributed by atoms with Crippen LogP contribution >= 0.6 is 0 Å². The maximum atomic E-state index is 10.6. The van der Waals surface area contributed by atoms with E-state index in [0.29, 0.717) is 11.3 Å². The zero-order valence-corrected chi connectivity index (χ0v) is 7.06. The number of aryl methyl sites for hydroxylation is 1. The summed E-state index contributed by atoms with van der Waals surface area (Å²) in [6.45, 7) is 0. The summed E-state index contributed by atoms with van der Waals surface area (Å²) in [5, 5.41) is 10.7. The fourth-order valence-electron chi connectivity index (χ4n) is 1.19. The number of nitrogens with one attached hydrogen (secondary N) is 1. The molecule has 13 heavy (non-hydrogen) atoms. The summed E-state index contributed by atoms with van der Waals surface area (Å²) < 4.78 is 1.60. The van der Waals surface area contributed by atoms with Crippen molar-refractivity contribution >= 4 is 6.29 Å². The molecule has 0 aliphatic rings. The number of H-pyrrole nitrogens is 1. The number of carbonyl (C=O) groups is 1. The van der Waals surface area contributed by atoms with Crippen LogP contribution in [0, 0.1) is 0 Å². The van der Waals surface area contributed by atoms with E-state index in [1.165, 1.54) is 0 Å². The highest BCUT2D eigenvalue weighted by atomic mass is 16.1. The largest absolute Gasteiger partial charge is 0.298 e. The molecule has 0 aromatic carbocycles. The number of hydrogen-bond donors (Lipinski definition) is 1. The Labute approximate surface area is 74.4 Å². The molecule has 0 aliphatic carbocycles. The van der Waals surface area contributed by atoms with Crippen LogP contribution in [0.2, 0.25) is 0 Å². The fourth-order valence-corrected chi connectivity index (χ4v) is 1.19. The maximum absolute atomic E-state index is 10.6. The van der Waals surface area contributed by atoms with Gasteiger partial charge in [-0.15, -0.1) is 0 Å². The van der Waals surface area contributed by atoms with Gasteiger partial charge in [0.1, 0.15) is 5.69 Å². The van der Waals surface area contributed by atoms with Crippen molar-refractivity contribution in [2.24, 2.45) is 7.05 Å². The predicted octanol–water partition coefficient (Wildman–Crippen LogP) is 0.623. The van der Waals surface area contributed by atoms with Crippen molar-refractivity contribution in [3.8, 4) is 11.4 Å². The van der Waals surface area contributed by atoms with Crippen molar-refractivity contribution in [2.75, 3.05) is 0 Å². The summed E-state index contributed by atoms with van der Waals surface area (Å²) in [6, 6.07) is 1.77. The molecule has 2 heterocycles. The first-order chi connectivity index (χ1) is 6.31. The fraction of sp³-hybridized carbons (Fsp3) is 0.125. The van der Waals surface area contributed by atoms with Crippen molar-refractivity contribution < 1.29 is 4.79 Å². The Bertz CT molecular complexity index is 415. The molecule has 0 spiro atoms. The van der Waals surface area contributed by atoms with E-state index in [4.69, 9.17) is 0 Å². The van der Waals surface area contributed by atoms with Crippen molar-refractivity contribution in [3.63, 3.8) is 0 Å². The van der Waals surface area contributed by atoms with Gasteiger partial charge in [0, 0.05) is 19.4 Å². The van der Waals surface area contributed by atoms with Crippen LogP contribution in [0.3, 0.4) is 0 Å². The second kappa shape index (κ2) is 2.85. The number of hydrogen-bond acceptors (Lipinski definition) is 3. The lowest BCUT2D eigenvalue weighted by molar-refractivity contribution is 0.112. The second-order valence-electron chi connectivity index (χ2n) is 2.69. The maximum Gasteiger partial charge on any atom is 0.153 e. The van der Waals surface area contributed by atoms with Gasteiger partial charge in [-0.1, -0.05) is 0 Å². The molecule has 0 atom stereocenters. The molecular weight excluding hydrogens is 168 g/mol. The Morgan fingerprint density at radius 1 is 1.62 bits per heavy atom. The van der Waals surface area contributed by atoms with Gasteiger partial charge in [0.15, 0.2) is 6.29 Å². The van der Waals surface area contributed by atoms with Gasteiger partial charge in [0.25, 0.3) is 0 Å². The van der Waals surface area contributed by atoms with Crippen molar-refractivity contribution in [2.45, 2.75) is 0 Å². The van der Waals surface area contributed by atoms with Crippen LogP contribution in [0.15, 0.2) is 18.5 Å². The normalized spacial score (nSPS) is 10.2. The topological polar surface area (TPSA) is 63.6 Å². The quantitative estimate of drug-likeness (QED) is 0.682. The van der Waals surface area contributed by atoms with Gasteiger partial charge in [0.05, 0.1) is 11.3 Å². The molecule has 5 heteroatoms. The lowest BCUT2D eigenvalue weighted by atomic mass is 10.2. The highest BCUT2D eigenvalue weighted by molar-refractivity contribution is 5.84. The molecule has 0 amide bonds. The summed E-state index contributed by atoms with van der Waals surface area (Å²) >= 11 is 0. The first kappa shape index (κ1) is 7.72. The van der Waals surface area contributed by atoms with E-state index in [0.717, 1.165) is 12.0 Å². The molecular formula is C8H8N4O. The van der Waals surface area contributed by atoms with Crippen LogP contribution in [-0.4, -0.2) is 26.3 Å². The zero-order chi connectivity index (χ0) is 9.26. The van der Waals surface area contributed by atoms with Crippen LogP contribution in [-0.2, 0) is 7.05 Å². The molecule has 0 saturated carbocycles. The number of aromatic amines is 1. The number of carbonyl (C=O) groups excluding carboxylic acids is 1. The molecule has 0 radical (unpaired) electrons. The van der Waals surface area contributed by atoms with Gasteiger partial charge >= 0.3 is 0 Å². The van der Waals surface area contributed by atoms with Gasteiger partial charge < -0.3 is 0 Å². The van der Waals surface area contributed by atoms with E-state index in [2.05, 4.69) is 15.3 Å². The standard InChI is InChI=1S/C8H8N4O/c1-12-4-6(5-13)8(11-12)7-2-3-9-10-7/h2-5H,1H3,(H,9,10). The summed E-state index contributed by atoms with van der Waals surface area (Å²) in [5.41, 5.74) is 1.95. The average Bonchev–Trinajstić information content (AvgIpc) is 2.71. The number of aldehydes is 1. The third-order valence-corrected chi connectivity index (χ3v) is 1.74. The molecule has 2 aromatic heterocycles. The van der Waals surface area contributed by atoms with Crippen LogP contribution in [0.1, 0.15) is 10.4 Å². The van der Waals surface area contributed by atoms with Gasteiger partial charge in [0.2, 0.25) is 0 Å². The molecule has 0 aliphatic heterocycles. The van der Waals surface area contributed by atoms with Crippen LogP contribution < -0.4 is 0 Å². The second-order valence-corrected chi connectivity index (χ2v) is 2.69. The van der Waals surface area contributed by atoms with Crippen LogP contribution in [0.5, 0.6) is 0 Å². The molecule has 0 fully saturated rings. The minimum atomic E-state index is 0.562. The molecule has 2 aromatic rings.